The molecule has 0 amide bonds. The number of nitrogens with one attached hydrogen (secondary N) is 1. The zero-order valence-electron chi connectivity index (χ0n) is 17.1. The van der Waals surface area contributed by atoms with E-state index in [2.05, 4.69) is 30.2 Å². The number of nitrogens with zero attached hydrogens (tertiary/aromatic N) is 6. The van der Waals surface area contributed by atoms with Crippen molar-refractivity contribution < 1.29 is 14.6 Å². The molecule has 0 atom stereocenters. The van der Waals surface area contributed by atoms with Crippen LogP contribution >= 0.6 is 0 Å². The number of rotatable bonds is 7. The maximum Gasteiger partial charge on any atom is 0.321 e. The summed E-state index contributed by atoms with van der Waals surface area (Å²) in [5.74, 6) is 0.956. The van der Waals surface area contributed by atoms with Gasteiger partial charge in [-0.25, -0.2) is 0 Å². The van der Waals surface area contributed by atoms with Crippen LogP contribution < -0.4 is 9.64 Å². The van der Waals surface area contributed by atoms with Crippen LogP contribution in [-0.4, -0.2) is 63.6 Å². The number of aliphatic hydroxyl groups is 1. The minimum atomic E-state index is -0.999. The van der Waals surface area contributed by atoms with Gasteiger partial charge in [-0.1, -0.05) is 18.2 Å². The van der Waals surface area contributed by atoms with Crippen molar-refractivity contribution in [3.63, 3.8) is 0 Å². The number of aromatic nitrogens is 4. The fourth-order valence-electron chi connectivity index (χ4n) is 2.98. The molecule has 3 aromatic rings. The van der Waals surface area contributed by atoms with Crippen LogP contribution in [0, 0.1) is 0 Å². The molecular weight excluding hydrogens is 386 g/mol. The van der Waals surface area contributed by atoms with Gasteiger partial charge in [0.2, 0.25) is 5.95 Å². The van der Waals surface area contributed by atoms with Gasteiger partial charge in [-0.3, -0.25) is 0 Å². The molecular formula is C20H25N7O3. The minimum Gasteiger partial charge on any atom is -0.460 e. The van der Waals surface area contributed by atoms with Gasteiger partial charge in [-0.05, 0) is 19.9 Å². The number of fused-ring (bicyclic) bond motifs is 1. The molecule has 0 saturated carbocycles. The highest BCUT2D eigenvalue weighted by Gasteiger charge is 2.19. The Hall–Kier alpha value is -3.11. The maximum atomic E-state index is 9.94. The third-order valence-corrected chi connectivity index (χ3v) is 4.46. The summed E-state index contributed by atoms with van der Waals surface area (Å²) in [7, 11) is 0. The van der Waals surface area contributed by atoms with Crippen LogP contribution in [0.4, 0.5) is 11.6 Å². The number of hydrogen-bond donors (Lipinski definition) is 2. The minimum absolute atomic E-state index is 0.0653. The number of benzene rings is 1. The van der Waals surface area contributed by atoms with E-state index in [0.717, 1.165) is 16.6 Å². The van der Waals surface area contributed by atoms with Crippen molar-refractivity contribution in [1.82, 2.24) is 19.9 Å². The van der Waals surface area contributed by atoms with Gasteiger partial charge < -0.3 is 24.5 Å². The predicted octanol–water partition coefficient (Wildman–Crippen LogP) is 2.62. The molecule has 3 heterocycles. The third-order valence-electron chi connectivity index (χ3n) is 4.46. The molecule has 158 valence electrons. The number of para-hydroxylation sites is 1. The lowest BCUT2D eigenvalue weighted by Gasteiger charge is -2.27. The van der Waals surface area contributed by atoms with E-state index in [1.807, 2.05) is 35.4 Å². The number of anilines is 1. The summed E-state index contributed by atoms with van der Waals surface area (Å²) in [6.45, 7) is 6.16. The number of H-pyrrole nitrogens is 1. The van der Waals surface area contributed by atoms with Crippen molar-refractivity contribution in [2.75, 3.05) is 37.8 Å². The first kappa shape index (κ1) is 20.2. The number of azo groups is 1. The van der Waals surface area contributed by atoms with Gasteiger partial charge >= 0.3 is 6.01 Å². The molecule has 2 N–H and O–H groups in total. The maximum absolute atomic E-state index is 9.94. The Morgan fingerprint density at radius 1 is 1.20 bits per heavy atom. The summed E-state index contributed by atoms with van der Waals surface area (Å²) in [6.07, 6.45) is 1.82. The van der Waals surface area contributed by atoms with Crippen LogP contribution in [0.1, 0.15) is 19.7 Å². The molecule has 2 aromatic heterocycles. The van der Waals surface area contributed by atoms with E-state index in [1.54, 1.807) is 13.8 Å². The summed E-state index contributed by atoms with van der Waals surface area (Å²) in [6, 6.07) is 8.06. The van der Waals surface area contributed by atoms with Crippen LogP contribution in [0.15, 0.2) is 40.7 Å². The second-order valence-corrected chi connectivity index (χ2v) is 7.65. The molecule has 0 spiro atoms. The van der Waals surface area contributed by atoms with Crippen molar-refractivity contribution in [1.29, 1.82) is 0 Å². The summed E-state index contributed by atoms with van der Waals surface area (Å²) in [5, 5.41) is 19.5. The number of aromatic amines is 1. The first-order chi connectivity index (χ1) is 14.5. The van der Waals surface area contributed by atoms with Crippen molar-refractivity contribution in [2.24, 2.45) is 10.2 Å². The molecule has 30 heavy (non-hydrogen) atoms. The van der Waals surface area contributed by atoms with Gasteiger partial charge in [0, 0.05) is 30.2 Å². The Morgan fingerprint density at radius 3 is 2.80 bits per heavy atom. The molecule has 0 aliphatic carbocycles. The van der Waals surface area contributed by atoms with E-state index >= 15 is 0 Å². The molecule has 1 saturated heterocycles. The lowest BCUT2D eigenvalue weighted by Crippen LogP contribution is -2.37. The normalized spacial score (nSPS) is 15.2. The number of hydrogen-bond acceptors (Lipinski definition) is 9. The van der Waals surface area contributed by atoms with E-state index in [-0.39, 0.29) is 19.2 Å². The second kappa shape index (κ2) is 8.72. The van der Waals surface area contributed by atoms with Gasteiger partial charge in [0.1, 0.15) is 18.8 Å². The van der Waals surface area contributed by atoms with E-state index in [4.69, 9.17) is 9.47 Å². The standard InChI is InChI=1S/C20H25N7O3/c1-20(2,28)13-30-19-24-17(23-18(25-19)27-7-9-29-10-8-27)12-22-26-16-11-21-15-6-4-3-5-14(15)16/h3-6,11,21,28H,7-10,12-13H2,1-2H3. The molecule has 10 nitrogen and oxygen atoms in total. The predicted molar refractivity (Wildman–Crippen MR) is 111 cm³/mol. The highest BCUT2D eigenvalue weighted by molar-refractivity contribution is 5.90. The van der Waals surface area contributed by atoms with Crippen molar-refractivity contribution in [2.45, 2.75) is 26.0 Å². The average molecular weight is 411 g/mol. The highest BCUT2D eigenvalue weighted by atomic mass is 16.5. The molecule has 0 bridgehead atoms. The Bertz CT molecular complexity index is 1020. The zero-order valence-corrected chi connectivity index (χ0v) is 17.1. The van der Waals surface area contributed by atoms with E-state index < -0.39 is 5.60 Å². The van der Waals surface area contributed by atoms with Crippen LogP contribution in [0.2, 0.25) is 0 Å². The van der Waals surface area contributed by atoms with Crippen LogP contribution in [0.3, 0.4) is 0 Å². The quantitative estimate of drug-likeness (QED) is 0.573. The highest BCUT2D eigenvalue weighted by Crippen LogP contribution is 2.25. The molecule has 1 aliphatic heterocycles. The Labute approximate surface area is 174 Å². The first-order valence-corrected chi connectivity index (χ1v) is 9.84. The molecule has 1 aromatic carbocycles. The molecule has 10 heteroatoms. The Morgan fingerprint density at radius 2 is 2.00 bits per heavy atom. The molecule has 1 aliphatic rings. The Kier molecular flexibility index (Phi) is 5.86. The van der Waals surface area contributed by atoms with Gasteiger partial charge in [0.15, 0.2) is 5.82 Å². The smallest absolute Gasteiger partial charge is 0.321 e. The average Bonchev–Trinajstić information content (AvgIpc) is 3.16. The summed E-state index contributed by atoms with van der Waals surface area (Å²) >= 11 is 0. The summed E-state index contributed by atoms with van der Waals surface area (Å²) in [4.78, 5) is 18.4. The van der Waals surface area contributed by atoms with Gasteiger partial charge in [0.25, 0.3) is 0 Å². The zero-order chi connectivity index (χ0) is 21.0. The largest absolute Gasteiger partial charge is 0.460 e. The third kappa shape index (κ3) is 5.08. The second-order valence-electron chi connectivity index (χ2n) is 7.65. The van der Waals surface area contributed by atoms with Crippen LogP contribution in [-0.2, 0) is 11.3 Å². The van der Waals surface area contributed by atoms with Crippen molar-refractivity contribution in [3.05, 3.63) is 36.3 Å². The van der Waals surface area contributed by atoms with E-state index in [0.29, 0.717) is 38.1 Å². The summed E-state index contributed by atoms with van der Waals surface area (Å²) in [5.41, 5.74) is 0.760. The molecule has 0 unspecified atom stereocenters. The molecule has 1 fully saturated rings. The lowest BCUT2D eigenvalue weighted by atomic mass is 10.2. The van der Waals surface area contributed by atoms with Crippen LogP contribution in [0.25, 0.3) is 10.9 Å². The summed E-state index contributed by atoms with van der Waals surface area (Å²) < 4.78 is 11.0. The number of ether oxygens (including phenoxy) is 2. The monoisotopic (exact) mass is 411 g/mol. The van der Waals surface area contributed by atoms with Crippen molar-refractivity contribution >= 4 is 22.5 Å². The van der Waals surface area contributed by atoms with Gasteiger partial charge in [-0.15, -0.1) is 0 Å². The Balaban J connectivity index is 1.54. The number of morpholine rings is 1. The van der Waals surface area contributed by atoms with E-state index in [9.17, 15) is 5.11 Å². The van der Waals surface area contributed by atoms with E-state index in [1.165, 1.54) is 0 Å². The van der Waals surface area contributed by atoms with Gasteiger partial charge in [-0.2, -0.15) is 25.2 Å². The fraction of sp³-hybridized carbons (Fsp3) is 0.450. The van der Waals surface area contributed by atoms with Crippen molar-refractivity contribution in [3.8, 4) is 6.01 Å². The SMILES string of the molecule is CC(C)(O)COc1nc(CN=Nc2c[nH]c3ccccc23)nc(N2CCOCC2)n1. The fourth-order valence-corrected chi connectivity index (χ4v) is 2.98. The molecule has 4 rings (SSSR count). The lowest BCUT2D eigenvalue weighted by molar-refractivity contribution is 0.0248. The topological polar surface area (TPSA) is 121 Å². The van der Waals surface area contributed by atoms with Crippen LogP contribution in [0.5, 0.6) is 6.01 Å². The van der Waals surface area contributed by atoms with Gasteiger partial charge in [0.05, 0.1) is 18.8 Å². The molecule has 0 radical (unpaired) electrons. The first-order valence-electron chi connectivity index (χ1n) is 9.84.